The van der Waals surface area contributed by atoms with E-state index in [0.29, 0.717) is 31.7 Å². The topological polar surface area (TPSA) is 66.8 Å². The number of nitrogens with zero attached hydrogens (tertiary/aromatic N) is 1. The van der Waals surface area contributed by atoms with Crippen LogP contribution in [0.1, 0.15) is 37.7 Å². The molecule has 1 fully saturated rings. The van der Waals surface area contributed by atoms with Crippen LogP contribution in [0.4, 0.5) is 0 Å². The van der Waals surface area contributed by atoms with E-state index in [1.54, 1.807) is 6.07 Å². The number of aryl methyl sites for hydroxylation is 1. The highest BCUT2D eigenvalue weighted by Crippen LogP contribution is 2.32. The van der Waals surface area contributed by atoms with Gasteiger partial charge in [-0.15, -0.1) is 0 Å². The van der Waals surface area contributed by atoms with Gasteiger partial charge in [0.2, 0.25) is 11.5 Å². The Morgan fingerprint density at radius 1 is 1.20 bits per heavy atom. The van der Waals surface area contributed by atoms with E-state index in [9.17, 15) is 14.7 Å². The van der Waals surface area contributed by atoms with Gasteiger partial charge in [0.15, 0.2) is 0 Å². The lowest BCUT2D eigenvalue weighted by Gasteiger charge is -2.40. The number of hydrogen-bond donors (Lipinski definition) is 1. The van der Waals surface area contributed by atoms with Crippen molar-refractivity contribution < 1.29 is 19.4 Å². The number of para-hydroxylation sites is 1. The van der Waals surface area contributed by atoms with Crippen molar-refractivity contribution in [2.24, 2.45) is 5.92 Å². The minimum atomic E-state index is -1.25. The molecule has 25 heavy (non-hydrogen) atoms. The van der Waals surface area contributed by atoms with E-state index in [0.717, 1.165) is 24.8 Å². The lowest BCUT2D eigenvalue weighted by molar-refractivity contribution is -0.162. The first-order valence-electron chi connectivity index (χ1n) is 8.94. The molecule has 0 spiro atoms. The molecule has 5 heteroatoms. The molecule has 0 aromatic heterocycles. The second-order valence-corrected chi connectivity index (χ2v) is 6.97. The second kappa shape index (κ2) is 7.30. The zero-order valence-electron chi connectivity index (χ0n) is 14.6. The van der Waals surface area contributed by atoms with Crippen molar-refractivity contribution in [1.82, 2.24) is 4.90 Å². The molecule has 1 aliphatic carbocycles. The van der Waals surface area contributed by atoms with Gasteiger partial charge >= 0.3 is 5.97 Å². The number of hydrogen-bond acceptors (Lipinski definition) is 3. The largest absolute Gasteiger partial charge is 0.478 e. The molecule has 1 aromatic carbocycles. The van der Waals surface area contributed by atoms with Gasteiger partial charge in [0.1, 0.15) is 5.75 Å². The third-order valence-electron chi connectivity index (χ3n) is 5.29. The van der Waals surface area contributed by atoms with Gasteiger partial charge in [-0.25, -0.2) is 4.79 Å². The van der Waals surface area contributed by atoms with Crippen LogP contribution in [0, 0.1) is 12.8 Å². The van der Waals surface area contributed by atoms with Crippen molar-refractivity contribution in [2.75, 3.05) is 13.1 Å². The molecule has 0 saturated carbocycles. The van der Waals surface area contributed by atoms with Crippen LogP contribution in [-0.4, -0.2) is 40.6 Å². The highest BCUT2D eigenvalue weighted by atomic mass is 16.5. The van der Waals surface area contributed by atoms with E-state index < -0.39 is 11.6 Å². The molecule has 1 heterocycles. The lowest BCUT2D eigenvalue weighted by atomic mass is 9.88. The number of likely N-dealkylation sites (tertiary alicyclic amines) is 1. The molecule has 0 unspecified atom stereocenters. The van der Waals surface area contributed by atoms with E-state index in [2.05, 4.69) is 12.2 Å². The molecule has 1 atom stereocenters. The van der Waals surface area contributed by atoms with Crippen LogP contribution >= 0.6 is 0 Å². The highest BCUT2D eigenvalue weighted by Gasteiger charge is 2.45. The Morgan fingerprint density at radius 3 is 2.52 bits per heavy atom. The molecule has 2 aliphatic rings. The summed E-state index contributed by atoms with van der Waals surface area (Å²) in [5.41, 5.74) is -0.342. The van der Waals surface area contributed by atoms with Crippen molar-refractivity contribution in [3.63, 3.8) is 0 Å². The molecule has 1 amide bonds. The molecule has 1 N–H and O–H groups in total. The van der Waals surface area contributed by atoms with Gasteiger partial charge in [-0.3, -0.25) is 4.79 Å². The first kappa shape index (κ1) is 17.5. The summed E-state index contributed by atoms with van der Waals surface area (Å²) in [5, 5.41) is 9.78. The van der Waals surface area contributed by atoms with Crippen molar-refractivity contribution >= 4 is 11.9 Å². The fourth-order valence-electron chi connectivity index (χ4n) is 3.61. The first-order valence-corrected chi connectivity index (χ1v) is 8.94. The molecule has 3 rings (SSSR count). The number of ether oxygens (including phenoxy) is 1. The number of carboxylic acids is 1. The molecule has 0 radical (unpaired) electrons. The Labute approximate surface area is 148 Å². The maximum atomic E-state index is 12.7. The predicted octanol–water partition coefficient (Wildman–Crippen LogP) is 3.18. The van der Waals surface area contributed by atoms with Crippen LogP contribution in [-0.2, 0) is 9.59 Å². The van der Waals surface area contributed by atoms with E-state index in [4.69, 9.17) is 4.74 Å². The average molecular weight is 343 g/mol. The third kappa shape index (κ3) is 3.70. The smallest absolute Gasteiger partial charge is 0.348 e. The van der Waals surface area contributed by atoms with Crippen molar-refractivity contribution in [3.8, 4) is 5.75 Å². The van der Waals surface area contributed by atoms with E-state index >= 15 is 0 Å². The number of carboxylic acid groups (broad SMARTS) is 1. The van der Waals surface area contributed by atoms with Crippen LogP contribution in [0.25, 0.3) is 0 Å². The van der Waals surface area contributed by atoms with Crippen LogP contribution in [0.15, 0.2) is 36.4 Å². The molecule has 1 aromatic rings. The summed E-state index contributed by atoms with van der Waals surface area (Å²) in [6.07, 6.45) is 7.43. The molecular weight excluding hydrogens is 318 g/mol. The number of amides is 1. The van der Waals surface area contributed by atoms with Gasteiger partial charge in [-0.2, -0.15) is 0 Å². The summed E-state index contributed by atoms with van der Waals surface area (Å²) >= 11 is 0. The maximum absolute atomic E-state index is 12.7. The van der Waals surface area contributed by atoms with Crippen molar-refractivity contribution in [1.29, 1.82) is 0 Å². The summed E-state index contributed by atoms with van der Waals surface area (Å²) < 4.78 is 5.96. The number of carbonyl (C=O) groups is 2. The van der Waals surface area contributed by atoms with Crippen LogP contribution in [0.3, 0.4) is 0 Å². The monoisotopic (exact) mass is 343 g/mol. The van der Waals surface area contributed by atoms with Gasteiger partial charge < -0.3 is 14.7 Å². The van der Waals surface area contributed by atoms with Crippen molar-refractivity contribution in [3.05, 3.63) is 42.0 Å². The second-order valence-electron chi connectivity index (χ2n) is 6.97. The molecule has 0 bridgehead atoms. The normalized spacial score (nSPS) is 22.4. The summed E-state index contributed by atoms with van der Waals surface area (Å²) in [6.45, 7) is 2.76. The molecule has 134 valence electrons. The Bertz CT molecular complexity index is 674. The van der Waals surface area contributed by atoms with E-state index in [1.165, 1.54) is 0 Å². The van der Waals surface area contributed by atoms with Crippen LogP contribution in [0.5, 0.6) is 5.75 Å². The fraction of sp³-hybridized carbons (Fsp3) is 0.500. The predicted molar refractivity (Wildman–Crippen MR) is 94.5 cm³/mol. The number of carbonyl (C=O) groups excluding carboxylic acids is 1. The minimum Gasteiger partial charge on any atom is -0.478 e. The summed E-state index contributed by atoms with van der Waals surface area (Å²) in [6, 6.07) is 7.44. The van der Waals surface area contributed by atoms with E-state index in [1.807, 2.05) is 30.0 Å². The summed E-state index contributed by atoms with van der Waals surface area (Å²) in [5.74, 6) is -0.163. The Morgan fingerprint density at radius 2 is 1.92 bits per heavy atom. The number of piperidine rings is 1. The number of benzene rings is 1. The van der Waals surface area contributed by atoms with Gasteiger partial charge in [0.25, 0.3) is 0 Å². The lowest BCUT2D eigenvalue weighted by Crippen LogP contribution is -2.55. The molecule has 1 aliphatic heterocycles. The number of allylic oxidation sites excluding steroid dienone is 2. The number of rotatable bonds is 4. The molecular formula is C20H25NO4. The molecule has 5 nitrogen and oxygen atoms in total. The highest BCUT2D eigenvalue weighted by molar-refractivity contribution is 5.81. The van der Waals surface area contributed by atoms with Crippen molar-refractivity contribution in [2.45, 2.75) is 44.6 Å². The summed E-state index contributed by atoms with van der Waals surface area (Å²) in [7, 11) is 0. The van der Waals surface area contributed by atoms with Crippen LogP contribution in [0.2, 0.25) is 0 Å². The Hall–Kier alpha value is -2.30. The van der Waals surface area contributed by atoms with Gasteiger partial charge in [0, 0.05) is 31.8 Å². The van der Waals surface area contributed by atoms with Crippen LogP contribution < -0.4 is 4.74 Å². The molecule has 1 saturated heterocycles. The van der Waals surface area contributed by atoms with Gasteiger partial charge in [-0.1, -0.05) is 30.4 Å². The maximum Gasteiger partial charge on any atom is 0.348 e. The summed E-state index contributed by atoms with van der Waals surface area (Å²) in [4.78, 5) is 26.4. The Kier molecular flexibility index (Phi) is 5.11. The zero-order chi connectivity index (χ0) is 17.9. The average Bonchev–Trinajstić information content (AvgIpc) is 2.64. The standard InChI is InChI=1S/C20H25NO4/c1-15-7-5-6-10-17(15)25-20(19(23)24)11-13-21(14-12-20)18(22)16-8-3-2-4-9-16/h2-3,5-7,10,16H,4,8-9,11-14H2,1H3,(H,23,24)/t16-/m0/s1. The minimum absolute atomic E-state index is 0.0413. The Balaban J connectivity index is 1.68. The zero-order valence-corrected chi connectivity index (χ0v) is 14.6. The third-order valence-corrected chi connectivity index (χ3v) is 5.29. The first-order chi connectivity index (χ1) is 12.0. The quantitative estimate of drug-likeness (QED) is 0.853. The van der Waals surface area contributed by atoms with E-state index in [-0.39, 0.29) is 11.8 Å². The van der Waals surface area contributed by atoms with Gasteiger partial charge in [0.05, 0.1) is 0 Å². The SMILES string of the molecule is Cc1ccccc1OC1(C(=O)O)CCN(C(=O)[C@H]2CC=CCC2)CC1. The van der Waals surface area contributed by atoms with Gasteiger partial charge in [-0.05, 0) is 37.8 Å². The number of aliphatic carboxylic acids is 1. The fourth-order valence-corrected chi connectivity index (χ4v) is 3.61.